The highest BCUT2D eigenvalue weighted by Crippen LogP contribution is 2.20. The molecular formula is C11H9N5. The van der Waals surface area contributed by atoms with Gasteiger partial charge in [0.2, 0.25) is 5.65 Å². The average Bonchev–Trinajstić information content (AvgIpc) is 2.77. The molecule has 0 aliphatic carbocycles. The minimum absolute atomic E-state index is 0.678. The molecule has 0 N–H and O–H groups in total. The molecule has 5 heteroatoms. The van der Waals surface area contributed by atoms with Gasteiger partial charge in [-0.3, -0.25) is 0 Å². The number of hydrogen-bond donors (Lipinski definition) is 0. The van der Waals surface area contributed by atoms with E-state index >= 15 is 0 Å². The summed E-state index contributed by atoms with van der Waals surface area (Å²) in [7, 11) is 0. The fraction of sp³-hybridized carbons (Fsp3) is 0.0909. The Bertz CT molecular complexity index is 629. The van der Waals surface area contributed by atoms with E-state index in [4.69, 9.17) is 0 Å². The van der Waals surface area contributed by atoms with Gasteiger partial charge in [0, 0.05) is 5.56 Å². The first kappa shape index (κ1) is 8.96. The van der Waals surface area contributed by atoms with Gasteiger partial charge in [-0.05, 0) is 17.4 Å². The monoisotopic (exact) mass is 211 g/mol. The lowest BCUT2D eigenvalue weighted by atomic mass is 10.1. The lowest BCUT2D eigenvalue weighted by Crippen LogP contribution is -1.96. The molecule has 2 heterocycles. The number of aromatic nitrogens is 5. The molecule has 0 saturated heterocycles. The molecule has 0 spiro atoms. The van der Waals surface area contributed by atoms with Crippen LogP contribution in [-0.4, -0.2) is 25.0 Å². The second-order valence-corrected chi connectivity index (χ2v) is 3.54. The molecule has 0 amide bonds. The third kappa shape index (κ3) is 1.33. The van der Waals surface area contributed by atoms with Crippen LogP contribution in [0.15, 0.2) is 36.5 Å². The average molecular weight is 211 g/mol. The van der Waals surface area contributed by atoms with E-state index in [1.165, 1.54) is 0 Å². The second kappa shape index (κ2) is 3.37. The van der Waals surface area contributed by atoms with E-state index < -0.39 is 0 Å². The topological polar surface area (TPSA) is 56.0 Å². The summed E-state index contributed by atoms with van der Waals surface area (Å²) in [5, 5.41) is 11.5. The number of benzene rings is 1. The van der Waals surface area contributed by atoms with Gasteiger partial charge in [0.05, 0.1) is 11.9 Å². The van der Waals surface area contributed by atoms with Gasteiger partial charge in [0.1, 0.15) is 5.69 Å². The maximum absolute atomic E-state index is 4.48. The molecule has 0 atom stereocenters. The predicted molar refractivity (Wildman–Crippen MR) is 58.8 cm³/mol. The Labute approximate surface area is 91.8 Å². The molecular weight excluding hydrogens is 202 g/mol. The van der Waals surface area contributed by atoms with E-state index in [0.717, 1.165) is 17.0 Å². The molecule has 16 heavy (non-hydrogen) atoms. The van der Waals surface area contributed by atoms with Crippen LogP contribution in [0.1, 0.15) is 5.69 Å². The molecule has 0 fully saturated rings. The van der Waals surface area contributed by atoms with Crippen LogP contribution < -0.4 is 0 Å². The summed E-state index contributed by atoms with van der Waals surface area (Å²) < 4.78 is 1.64. The maximum atomic E-state index is 4.48. The molecule has 3 aromatic rings. The smallest absolute Gasteiger partial charge is 0.205 e. The molecule has 2 aromatic heterocycles. The van der Waals surface area contributed by atoms with Crippen molar-refractivity contribution in [1.82, 2.24) is 25.0 Å². The number of tetrazole rings is 1. The molecule has 0 aliphatic heterocycles. The zero-order chi connectivity index (χ0) is 11.0. The third-order valence-corrected chi connectivity index (χ3v) is 2.35. The van der Waals surface area contributed by atoms with Crippen molar-refractivity contribution < 1.29 is 0 Å². The molecule has 0 bridgehead atoms. The van der Waals surface area contributed by atoms with Crippen LogP contribution in [0.2, 0.25) is 0 Å². The molecule has 0 radical (unpaired) electrons. The van der Waals surface area contributed by atoms with Crippen molar-refractivity contribution in [1.29, 1.82) is 0 Å². The lowest BCUT2D eigenvalue weighted by Gasteiger charge is -2.02. The van der Waals surface area contributed by atoms with E-state index in [1.54, 1.807) is 4.52 Å². The van der Waals surface area contributed by atoms with Crippen LogP contribution in [0.4, 0.5) is 0 Å². The molecule has 0 aliphatic rings. The summed E-state index contributed by atoms with van der Waals surface area (Å²) in [6, 6.07) is 9.91. The van der Waals surface area contributed by atoms with E-state index in [0.29, 0.717) is 5.65 Å². The van der Waals surface area contributed by atoms with Gasteiger partial charge in [-0.15, -0.1) is 5.10 Å². The highest BCUT2D eigenvalue weighted by atomic mass is 15.5. The van der Waals surface area contributed by atoms with Gasteiger partial charge in [-0.1, -0.05) is 30.3 Å². The normalized spacial score (nSPS) is 10.8. The van der Waals surface area contributed by atoms with E-state index in [2.05, 4.69) is 20.5 Å². The first-order valence-corrected chi connectivity index (χ1v) is 4.95. The van der Waals surface area contributed by atoms with Gasteiger partial charge >= 0.3 is 0 Å². The van der Waals surface area contributed by atoms with Crippen molar-refractivity contribution in [3.8, 4) is 11.3 Å². The highest BCUT2D eigenvalue weighted by Gasteiger charge is 2.09. The van der Waals surface area contributed by atoms with Crippen LogP contribution >= 0.6 is 0 Å². The number of rotatable bonds is 1. The van der Waals surface area contributed by atoms with Crippen LogP contribution in [0, 0.1) is 6.92 Å². The fourth-order valence-corrected chi connectivity index (χ4v) is 1.66. The van der Waals surface area contributed by atoms with E-state index in [9.17, 15) is 0 Å². The molecule has 0 saturated carbocycles. The molecule has 1 aromatic carbocycles. The van der Waals surface area contributed by atoms with Crippen molar-refractivity contribution in [2.45, 2.75) is 6.92 Å². The van der Waals surface area contributed by atoms with Crippen LogP contribution in [0.3, 0.4) is 0 Å². The number of nitrogens with zero attached hydrogens (tertiary/aromatic N) is 5. The Morgan fingerprint density at radius 1 is 1.12 bits per heavy atom. The summed E-state index contributed by atoms with van der Waals surface area (Å²) >= 11 is 0. The fourth-order valence-electron chi connectivity index (χ4n) is 1.66. The van der Waals surface area contributed by atoms with Gasteiger partial charge in [-0.2, -0.15) is 4.52 Å². The molecule has 78 valence electrons. The first-order chi connectivity index (χ1) is 7.84. The summed E-state index contributed by atoms with van der Waals surface area (Å²) in [6.45, 7) is 1.92. The first-order valence-electron chi connectivity index (χ1n) is 4.95. The highest BCUT2D eigenvalue weighted by molar-refractivity contribution is 5.72. The zero-order valence-electron chi connectivity index (χ0n) is 8.70. The minimum Gasteiger partial charge on any atom is -0.247 e. The Balaban J connectivity index is 2.34. The van der Waals surface area contributed by atoms with Gasteiger partial charge in [0.15, 0.2) is 0 Å². The number of hydrogen-bond acceptors (Lipinski definition) is 4. The summed E-state index contributed by atoms with van der Waals surface area (Å²) in [4.78, 5) is 4.48. The van der Waals surface area contributed by atoms with Gasteiger partial charge in [-0.25, -0.2) is 4.98 Å². The van der Waals surface area contributed by atoms with Crippen molar-refractivity contribution in [3.63, 3.8) is 0 Å². The Hall–Kier alpha value is -2.30. The maximum Gasteiger partial charge on any atom is 0.205 e. The second-order valence-electron chi connectivity index (χ2n) is 3.54. The Kier molecular flexibility index (Phi) is 1.89. The van der Waals surface area contributed by atoms with E-state index in [-0.39, 0.29) is 0 Å². The van der Waals surface area contributed by atoms with Crippen molar-refractivity contribution in [3.05, 3.63) is 42.2 Å². The third-order valence-electron chi connectivity index (χ3n) is 2.35. The van der Waals surface area contributed by atoms with E-state index in [1.807, 2.05) is 43.5 Å². The van der Waals surface area contributed by atoms with Crippen molar-refractivity contribution >= 4 is 5.65 Å². The lowest BCUT2D eigenvalue weighted by molar-refractivity contribution is 0.816. The number of fused-ring (bicyclic) bond motifs is 1. The zero-order valence-corrected chi connectivity index (χ0v) is 8.70. The summed E-state index contributed by atoms with van der Waals surface area (Å²) in [6.07, 6.45) is 1.81. The van der Waals surface area contributed by atoms with Gasteiger partial charge < -0.3 is 0 Å². The largest absolute Gasteiger partial charge is 0.247 e. The minimum atomic E-state index is 0.678. The Morgan fingerprint density at radius 3 is 2.75 bits per heavy atom. The summed E-state index contributed by atoms with van der Waals surface area (Å²) in [5.41, 5.74) is 3.40. The summed E-state index contributed by atoms with van der Waals surface area (Å²) in [5.74, 6) is 0. The number of aryl methyl sites for hydroxylation is 1. The standard InChI is InChI=1S/C11H9N5/c1-8-7-16-11(13-14-15-16)10(12-8)9-5-3-2-4-6-9/h2-7H,1H3. The molecule has 3 rings (SSSR count). The van der Waals surface area contributed by atoms with Crippen LogP contribution in [0.25, 0.3) is 16.9 Å². The quantitative estimate of drug-likeness (QED) is 0.612. The van der Waals surface area contributed by atoms with Crippen LogP contribution in [0.5, 0.6) is 0 Å². The molecule has 5 nitrogen and oxygen atoms in total. The SMILES string of the molecule is Cc1cn2nnnc2c(-c2ccccc2)n1. The van der Waals surface area contributed by atoms with Crippen LogP contribution in [-0.2, 0) is 0 Å². The van der Waals surface area contributed by atoms with Gasteiger partial charge in [0.25, 0.3) is 0 Å². The Morgan fingerprint density at radius 2 is 1.94 bits per heavy atom. The predicted octanol–water partition coefficient (Wildman–Crippen LogP) is 1.49. The van der Waals surface area contributed by atoms with Crippen molar-refractivity contribution in [2.24, 2.45) is 0 Å². The molecule has 0 unspecified atom stereocenters. The van der Waals surface area contributed by atoms with Crippen molar-refractivity contribution in [2.75, 3.05) is 0 Å².